The molecule has 7 fully saturated rings. The number of rotatable bonds is 6. The van der Waals surface area contributed by atoms with Gasteiger partial charge < -0.3 is 28.6 Å². The Morgan fingerprint density at radius 3 is 2.56 bits per heavy atom. The number of piperidine rings is 2. The molecule has 8 aliphatic heterocycles. The predicted octanol–water partition coefficient (Wildman–Crippen LogP) is 4.37. The Kier molecular flexibility index (Phi) is 6.22. The van der Waals surface area contributed by atoms with Crippen molar-refractivity contribution in [2.45, 2.75) is 113 Å². The van der Waals surface area contributed by atoms with Crippen LogP contribution in [0.25, 0.3) is 0 Å². The third-order valence-electron chi connectivity index (χ3n) is 17.1. The average Bonchev–Trinajstić information content (AvgIpc) is 4.03. The second-order valence-electron chi connectivity index (χ2n) is 18.2. The zero-order valence-electron chi connectivity index (χ0n) is 32.1. The van der Waals surface area contributed by atoms with Gasteiger partial charge in [0, 0.05) is 60.2 Å². The zero-order valence-corrected chi connectivity index (χ0v) is 32.1. The molecule has 1 saturated carbocycles. The SMILES string of the molecule is CC[C@@]12CC(C(=O)OC)=C3N=C4C(=CC(=O)C(OC)=C4OC)[C@@]34CCN([C@H](c3ccc5c(c3)[C@@]36CCN7C[C@H]8O[C@H]8[C@@](CC)(CC[C@@H]3N5C)[C@H]76)[C@H]3O[C@H]31)[C@H]42. The highest BCUT2D eigenvalue weighted by Crippen LogP contribution is 2.73. The maximum atomic E-state index is 13.8. The largest absolute Gasteiger partial charge is 0.491 e. The Labute approximate surface area is 316 Å². The van der Waals surface area contributed by atoms with E-state index in [1.54, 1.807) is 13.2 Å². The number of fused-ring (bicyclic) bond motifs is 6. The van der Waals surface area contributed by atoms with Crippen LogP contribution in [0.4, 0.5) is 5.69 Å². The molecule has 12 atom stereocenters. The van der Waals surface area contributed by atoms with E-state index in [2.05, 4.69) is 53.8 Å². The lowest BCUT2D eigenvalue weighted by molar-refractivity contribution is -0.137. The number of epoxide rings is 2. The fourth-order valence-electron chi connectivity index (χ4n) is 15.2. The van der Waals surface area contributed by atoms with Gasteiger partial charge in [-0.05, 0) is 80.3 Å². The Bertz CT molecular complexity index is 2110. The first-order valence-corrected chi connectivity index (χ1v) is 20.4. The van der Waals surface area contributed by atoms with E-state index in [1.165, 1.54) is 50.3 Å². The van der Waals surface area contributed by atoms with E-state index in [0.29, 0.717) is 47.8 Å². The van der Waals surface area contributed by atoms with Crippen molar-refractivity contribution in [3.63, 3.8) is 0 Å². The van der Waals surface area contributed by atoms with Crippen LogP contribution in [0.3, 0.4) is 0 Å². The fourth-order valence-corrected chi connectivity index (χ4v) is 15.2. The summed E-state index contributed by atoms with van der Waals surface area (Å²) in [5.41, 5.74) is 6.21. The van der Waals surface area contributed by atoms with Gasteiger partial charge in [-0.3, -0.25) is 14.6 Å². The minimum atomic E-state index is -0.694. The molecular formula is C43H50N4O7. The first-order valence-electron chi connectivity index (χ1n) is 20.4. The number of benzene rings is 1. The summed E-state index contributed by atoms with van der Waals surface area (Å²) in [6.07, 6.45) is 9.36. The Morgan fingerprint density at radius 1 is 0.981 bits per heavy atom. The molecule has 0 radical (unpaired) electrons. The summed E-state index contributed by atoms with van der Waals surface area (Å²) in [5, 5.41) is 0. The van der Waals surface area contributed by atoms with Crippen LogP contribution < -0.4 is 4.90 Å². The van der Waals surface area contributed by atoms with Crippen LogP contribution in [0.15, 0.2) is 57.6 Å². The van der Waals surface area contributed by atoms with Gasteiger partial charge in [-0.2, -0.15) is 0 Å². The number of allylic oxidation sites excluding steroid dienone is 2. The summed E-state index contributed by atoms with van der Waals surface area (Å²) >= 11 is 0. The normalized spacial score (nSPS) is 45.7. The lowest BCUT2D eigenvalue weighted by atomic mass is 9.51. The molecule has 12 rings (SSSR count). The van der Waals surface area contributed by atoms with Crippen molar-refractivity contribution in [1.29, 1.82) is 0 Å². The number of hydrogen-bond donors (Lipinski definition) is 0. The summed E-state index contributed by atoms with van der Waals surface area (Å²) in [5.74, 6) is -0.123. The van der Waals surface area contributed by atoms with Crippen molar-refractivity contribution in [2.24, 2.45) is 21.2 Å². The van der Waals surface area contributed by atoms with Crippen LogP contribution in [0, 0.1) is 16.2 Å². The summed E-state index contributed by atoms with van der Waals surface area (Å²) in [4.78, 5) is 40.9. The topological polar surface area (TPSA) is 109 Å². The molecule has 11 aliphatic rings. The van der Waals surface area contributed by atoms with E-state index in [4.69, 9.17) is 28.7 Å². The zero-order chi connectivity index (χ0) is 36.8. The quantitative estimate of drug-likeness (QED) is 0.238. The van der Waals surface area contributed by atoms with Crippen molar-refractivity contribution < 1.29 is 33.3 Å². The molecule has 0 amide bonds. The van der Waals surface area contributed by atoms with Gasteiger partial charge in [0.2, 0.25) is 11.5 Å². The maximum absolute atomic E-state index is 13.8. The van der Waals surface area contributed by atoms with Crippen LogP contribution in [0.1, 0.15) is 76.0 Å². The van der Waals surface area contributed by atoms with E-state index in [-0.39, 0.29) is 58.0 Å². The van der Waals surface area contributed by atoms with Gasteiger partial charge in [0.1, 0.15) is 11.8 Å². The van der Waals surface area contributed by atoms with Crippen molar-refractivity contribution in [2.75, 3.05) is 52.9 Å². The van der Waals surface area contributed by atoms with Gasteiger partial charge in [0.05, 0.1) is 62.4 Å². The number of ketones is 1. The number of carbonyl (C=O) groups excluding carboxylic acids is 2. The average molecular weight is 735 g/mol. The van der Waals surface area contributed by atoms with Crippen molar-refractivity contribution >= 4 is 23.2 Å². The van der Waals surface area contributed by atoms with Crippen LogP contribution in [-0.2, 0) is 38.7 Å². The highest BCUT2D eigenvalue weighted by molar-refractivity contribution is 6.26. The molecule has 8 heterocycles. The third-order valence-corrected chi connectivity index (χ3v) is 17.1. The minimum absolute atomic E-state index is 0.0111. The van der Waals surface area contributed by atoms with Crippen LogP contribution in [0.2, 0.25) is 0 Å². The number of esters is 1. The van der Waals surface area contributed by atoms with E-state index >= 15 is 0 Å². The van der Waals surface area contributed by atoms with Crippen LogP contribution in [-0.4, -0.2) is 118 Å². The van der Waals surface area contributed by atoms with E-state index in [9.17, 15) is 9.59 Å². The Morgan fingerprint density at radius 2 is 1.80 bits per heavy atom. The molecule has 0 unspecified atom stereocenters. The van der Waals surface area contributed by atoms with Gasteiger partial charge in [-0.25, -0.2) is 9.79 Å². The number of anilines is 1. The predicted molar refractivity (Wildman–Crippen MR) is 198 cm³/mol. The van der Waals surface area contributed by atoms with Crippen LogP contribution in [0.5, 0.6) is 0 Å². The highest BCUT2D eigenvalue weighted by atomic mass is 16.6. The second kappa shape index (κ2) is 10.3. The Hall–Kier alpha value is -3.51. The standard InChI is InChI=1S/C43H50N4O7/c1-7-40-12-11-28-42(13-15-46(38(40)42)20-27-35(40)53-27)23-17-21(9-10-25(23)45(28)3)30-33-36(54-33)41(8-2)19-22(37(49)52-6)34-43(14-16-47(30)39(41)43)24-18-26(48)31(50-4)32(51-5)29(24)44-34/h9-10,17-18,27-28,30,33,35-36,38-39H,7-8,11-16,19-20H2,1-6H3/t27-,28+,30-,33-,35-,36-,38+,39+,40-,41-,42+,43+/m1/s1. The highest BCUT2D eigenvalue weighted by Gasteiger charge is 2.78. The molecule has 284 valence electrons. The molecular weight excluding hydrogens is 684 g/mol. The minimum Gasteiger partial charge on any atom is -0.491 e. The van der Waals surface area contributed by atoms with E-state index in [0.717, 1.165) is 50.2 Å². The number of carbonyl (C=O) groups is 2. The van der Waals surface area contributed by atoms with Gasteiger partial charge in [-0.1, -0.05) is 26.0 Å². The Balaban J connectivity index is 1.01. The third kappa shape index (κ3) is 3.36. The first-order chi connectivity index (χ1) is 26.2. The number of likely N-dealkylation sites (N-methyl/N-ethyl adjacent to an activating group) is 1. The number of nitrogens with zero attached hydrogens (tertiary/aromatic N) is 4. The number of ether oxygens (including phenoxy) is 5. The van der Waals surface area contributed by atoms with E-state index < -0.39 is 5.41 Å². The smallest absolute Gasteiger partial charge is 0.335 e. The molecule has 54 heavy (non-hydrogen) atoms. The van der Waals surface area contributed by atoms with Crippen LogP contribution >= 0.6 is 0 Å². The van der Waals surface area contributed by atoms with E-state index in [1.807, 2.05) is 0 Å². The molecule has 6 saturated heterocycles. The number of aliphatic imine (C=N–C) groups is 1. The molecule has 11 nitrogen and oxygen atoms in total. The lowest BCUT2D eigenvalue weighted by Gasteiger charge is -2.57. The molecule has 1 aromatic carbocycles. The maximum Gasteiger partial charge on any atom is 0.335 e. The molecule has 0 N–H and O–H groups in total. The molecule has 2 spiro atoms. The lowest BCUT2D eigenvalue weighted by Crippen LogP contribution is -2.66. The van der Waals surface area contributed by atoms with Gasteiger partial charge in [0.25, 0.3) is 0 Å². The number of methoxy groups -OCH3 is 3. The van der Waals surface area contributed by atoms with Gasteiger partial charge in [-0.15, -0.1) is 0 Å². The van der Waals surface area contributed by atoms with Crippen molar-refractivity contribution in [1.82, 2.24) is 9.80 Å². The van der Waals surface area contributed by atoms with Crippen molar-refractivity contribution in [3.8, 4) is 0 Å². The molecule has 0 bridgehead atoms. The summed E-state index contributed by atoms with van der Waals surface area (Å²) in [7, 11) is 6.82. The first kappa shape index (κ1) is 32.7. The van der Waals surface area contributed by atoms with Gasteiger partial charge >= 0.3 is 5.97 Å². The molecule has 1 aromatic rings. The fraction of sp³-hybridized carbons (Fsp3) is 0.651. The second-order valence-corrected chi connectivity index (χ2v) is 18.2. The van der Waals surface area contributed by atoms with Crippen molar-refractivity contribution in [3.05, 3.63) is 63.8 Å². The van der Waals surface area contributed by atoms with Gasteiger partial charge in [0.15, 0.2) is 5.76 Å². The molecule has 11 heteroatoms. The summed E-state index contributed by atoms with van der Waals surface area (Å²) in [6.45, 7) is 7.64. The molecule has 3 aliphatic carbocycles. The molecule has 0 aromatic heterocycles. The number of hydrogen-bond acceptors (Lipinski definition) is 11. The summed E-state index contributed by atoms with van der Waals surface area (Å²) in [6, 6.07) is 8.38. The monoisotopic (exact) mass is 734 g/mol. The summed E-state index contributed by atoms with van der Waals surface area (Å²) < 4.78 is 30.3.